The summed E-state index contributed by atoms with van der Waals surface area (Å²) in [5.41, 5.74) is 6.14. The van der Waals surface area contributed by atoms with Crippen LogP contribution in [0, 0.1) is 11.2 Å². The SMILES string of the molecule is C=CCOc1c(OC)ccc([C@H](Nc2ccc(C(=N)N)cc2)c2nn(-c3ncccn3)c(=O)[nH]2)c1F. The molecule has 0 aliphatic heterocycles. The van der Waals surface area contributed by atoms with Gasteiger partial charge >= 0.3 is 5.69 Å². The number of aromatic amines is 1. The van der Waals surface area contributed by atoms with Crippen LogP contribution in [0.15, 0.2) is 72.3 Å². The number of aromatic nitrogens is 5. The summed E-state index contributed by atoms with van der Waals surface area (Å²) in [7, 11) is 1.40. The molecule has 184 valence electrons. The summed E-state index contributed by atoms with van der Waals surface area (Å²) in [6.45, 7) is 3.65. The number of hydrogen-bond donors (Lipinski definition) is 4. The molecule has 0 unspecified atom stereocenters. The molecule has 12 heteroatoms. The molecule has 2 aromatic heterocycles. The number of anilines is 1. The first-order chi connectivity index (χ1) is 17.4. The van der Waals surface area contributed by atoms with Crippen molar-refractivity contribution in [1.29, 1.82) is 5.41 Å². The first kappa shape index (κ1) is 24.1. The van der Waals surface area contributed by atoms with Gasteiger partial charge in [0.05, 0.1) is 7.11 Å². The second kappa shape index (κ2) is 10.5. The number of benzene rings is 2. The molecule has 0 radical (unpaired) electrons. The van der Waals surface area contributed by atoms with Crippen LogP contribution < -0.4 is 26.2 Å². The Morgan fingerprint density at radius 2 is 2.00 bits per heavy atom. The zero-order valence-electron chi connectivity index (χ0n) is 19.2. The van der Waals surface area contributed by atoms with Crippen molar-refractivity contribution in [3.63, 3.8) is 0 Å². The zero-order valence-corrected chi connectivity index (χ0v) is 19.2. The number of nitrogens with zero attached hydrogens (tertiary/aromatic N) is 4. The second-order valence-electron chi connectivity index (χ2n) is 7.44. The minimum atomic E-state index is -0.970. The highest BCUT2D eigenvalue weighted by Crippen LogP contribution is 2.37. The van der Waals surface area contributed by atoms with Crippen molar-refractivity contribution in [2.45, 2.75) is 6.04 Å². The Balaban J connectivity index is 1.83. The molecule has 0 aliphatic carbocycles. The van der Waals surface area contributed by atoms with Gasteiger partial charge in [-0.2, -0.15) is 0 Å². The van der Waals surface area contributed by atoms with E-state index < -0.39 is 17.5 Å². The lowest BCUT2D eigenvalue weighted by Crippen LogP contribution is -2.18. The molecule has 36 heavy (non-hydrogen) atoms. The Bertz CT molecular complexity index is 1430. The maximum Gasteiger partial charge on any atom is 0.350 e. The third-order valence-electron chi connectivity index (χ3n) is 5.12. The van der Waals surface area contributed by atoms with Crippen molar-refractivity contribution in [1.82, 2.24) is 24.7 Å². The van der Waals surface area contributed by atoms with Crippen LogP contribution in [0.25, 0.3) is 5.95 Å². The lowest BCUT2D eigenvalue weighted by Gasteiger charge is -2.21. The maximum absolute atomic E-state index is 15.8. The molecule has 2 heterocycles. The third kappa shape index (κ3) is 4.92. The normalized spacial score (nSPS) is 11.5. The van der Waals surface area contributed by atoms with Gasteiger partial charge in [0.1, 0.15) is 18.5 Å². The predicted octanol–water partition coefficient (Wildman–Crippen LogP) is 2.55. The first-order valence-corrected chi connectivity index (χ1v) is 10.7. The van der Waals surface area contributed by atoms with E-state index in [1.807, 2.05) is 0 Å². The summed E-state index contributed by atoms with van der Waals surface area (Å²) in [6.07, 6.45) is 4.43. The van der Waals surface area contributed by atoms with E-state index in [-0.39, 0.29) is 41.3 Å². The van der Waals surface area contributed by atoms with Crippen LogP contribution in [0.3, 0.4) is 0 Å². The summed E-state index contributed by atoms with van der Waals surface area (Å²) >= 11 is 0. The third-order valence-corrected chi connectivity index (χ3v) is 5.12. The van der Waals surface area contributed by atoms with E-state index in [2.05, 4.69) is 31.9 Å². The lowest BCUT2D eigenvalue weighted by atomic mass is 10.0. The van der Waals surface area contributed by atoms with Crippen molar-refractivity contribution >= 4 is 11.5 Å². The summed E-state index contributed by atoms with van der Waals surface area (Å²) < 4.78 is 27.6. The van der Waals surface area contributed by atoms with E-state index in [1.165, 1.54) is 31.6 Å². The molecule has 5 N–H and O–H groups in total. The van der Waals surface area contributed by atoms with Crippen molar-refractivity contribution in [3.05, 3.63) is 101 Å². The number of rotatable bonds is 10. The Morgan fingerprint density at radius 3 is 2.64 bits per heavy atom. The van der Waals surface area contributed by atoms with Gasteiger partial charge in [-0.3, -0.25) is 10.4 Å². The van der Waals surface area contributed by atoms with Crippen LogP contribution in [0.5, 0.6) is 11.5 Å². The van der Waals surface area contributed by atoms with Gasteiger partial charge in [-0.05, 0) is 42.5 Å². The first-order valence-electron chi connectivity index (χ1n) is 10.7. The van der Waals surface area contributed by atoms with Crippen LogP contribution in [0.4, 0.5) is 10.1 Å². The summed E-state index contributed by atoms with van der Waals surface area (Å²) in [5, 5.41) is 15.1. The minimum absolute atomic E-state index is 0.0537. The molecule has 4 aromatic rings. The summed E-state index contributed by atoms with van der Waals surface area (Å²) in [5.74, 6) is -0.558. The van der Waals surface area contributed by atoms with Gasteiger partial charge < -0.3 is 20.5 Å². The average molecular weight is 490 g/mol. The average Bonchev–Trinajstić information content (AvgIpc) is 3.28. The molecule has 1 atom stereocenters. The fraction of sp³-hybridized carbons (Fsp3) is 0.125. The molecule has 0 saturated heterocycles. The largest absolute Gasteiger partial charge is 0.493 e. The molecule has 2 aromatic carbocycles. The van der Waals surface area contributed by atoms with E-state index in [1.54, 1.807) is 36.4 Å². The lowest BCUT2D eigenvalue weighted by molar-refractivity contribution is 0.307. The highest BCUT2D eigenvalue weighted by atomic mass is 19.1. The topological polar surface area (TPSA) is 157 Å². The Hall–Kier alpha value is -5.00. The van der Waals surface area contributed by atoms with E-state index in [0.717, 1.165) is 4.68 Å². The molecular weight excluding hydrogens is 467 g/mol. The number of H-pyrrole nitrogens is 1. The van der Waals surface area contributed by atoms with Crippen molar-refractivity contribution in [2.75, 3.05) is 19.0 Å². The Labute approximate surface area is 204 Å². The van der Waals surface area contributed by atoms with Gasteiger partial charge in [-0.25, -0.2) is 19.2 Å². The Kier molecular flexibility index (Phi) is 7.04. The minimum Gasteiger partial charge on any atom is -0.493 e. The van der Waals surface area contributed by atoms with Gasteiger partial charge in [0.25, 0.3) is 5.95 Å². The van der Waals surface area contributed by atoms with Crippen LogP contribution >= 0.6 is 0 Å². The molecule has 0 bridgehead atoms. The number of nitrogens with two attached hydrogens (primary N) is 1. The van der Waals surface area contributed by atoms with Gasteiger partial charge in [0.2, 0.25) is 0 Å². The molecule has 0 amide bonds. The van der Waals surface area contributed by atoms with E-state index in [0.29, 0.717) is 11.3 Å². The van der Waals surface area contributed by atoms with Gasteiger partial charge in [-0.1, -0.05) is 12.7 Å². The van der Waals surface area contributed by atoms with Crippen LogP contribution in [0.2, 0.25) is 0 Å². The maximum atomic E-state index is 15.8. The molecular formula is C24H23FN8O3. The van der Waals surface area contributed by atoms with Crippen molar-refractivity contribution < 1.29 is 13.9 Å². The van der Waals surface area contributed by atoms with Crippen LogP contribution in [-0.4, -0.2) is 44.3 Å². The Morgan fingerprint density at radius 1 is 1.28 bits per heavy atom. The molecule has 0 aliphatic rings. The van der Waals surface area contributed by atoms with E-state index in [9.17, 15) is 4.79 Å². The van der Waals surface area contributed by atoms with Gasteiger partial charge in [0.15, 0.2) is 23.1 Å². The monoisotopic (exact) mass is 490 g/mol. The van der Waals surface area contributed by atoms with Crippen molar-refractivity contribution in [2.24, 2.45) is 5.73 Å². The highest BCUT2D eigenvalue weighted by Gasteiger charge is 2.27. The fourth-order valence-electron chi connectivity index (χ4n) is 3.43. The molecule has 0 fully saturated rings. The number of nitrogen functional groups attached to an aromatic ring is 1. The summed E-state index contributed by atoms with van der Waals surface area (Å²) in [4.78, 5) is 23.4. The second-order valence-corrected chi connectivity index (χ2v) is 7.44. The number of halogens is 1. The van der Waals surface area contributed by atoms with Crippen LogP contribution in [0.1, 0.15) is 23.0 Å². The van der Waals surface area contributed by atoms with Gasteiger partial charge in [0, 0.05) is 29.2 Å². The number of hydrogen-bond acceptors (Lipinski definition) is 8. The van der Waals surface area contributed by atoms with Gasteiger partial charge in [-0.15, -0.1) is 9.78 Å². The van der Waals surface area contributed by atoms with E-state index >= 15 is 4.39 Å². The molecule has 0 saturated carbocycles. The number of nitrogens with one attached hydrogen (secondary N) is 3. The quantitative estimate of drug-likeness (QED) is 0.150. The summed E-state index contributed by atoms with van der Waals surface area (Å²) in [6, 6.07) is 10.3. The number of methoxy groups -OCH3 is 1. The standard InChI is InChI=1S/C24H23FN8O3/c1-3-13-36-20-17(35-2)10-9-16(18(20)25)19(30-15-7-5-14(6-8-15)21(26)27)22-31-24(34)33(32-22)23-28-11-4-12-29-23/h3-12,19,30H,1,13H2,2H3,(H3,26,27)(H,31,32,34)/t19-/m0/s1. The smallest absolute Gasteiger partial charge is 0.350 e. The van der Waals surface area contributed by atoms with E-state index in [4.69, 9.17) is 20.6 Å². The predicted molar refractivity (Wildman–Crippen MR) is 131 cm³/mol. The number of ether oxygens (including phenoxy) is 2. The molecule has 4 rings (SSSR count). The zero-order chi connectivity index (χ0) is 25.7. The highest BCUT2D eigenvalue weighted by molar-refractivity contribution is 5.95. The van der Waals surface area contributed by atoms with Crippen molar-refractivity contribution in [3.8, 4) is 17.4 Å². The number of amidine groups is 1. The van der Waals surface area contributed by atoms with Crippen LogP contribution in [-0.2, 0) is 0 Å². The fourth-order valence-corrected chi connectivity index (χ4v) is 3.43. The molecule has 0 spiro atoms. The molecule has 11 nitrogen and oxygen atoms in total.